The van der Waals surface area contributed by atoms with Gasteiger partial charge in [-0.05, 0) is 23.3 Å². The van der Waals surface area contributed by atoms with Gasteiger partial charge in [0.15, 0.2) is 12.4 Å². The van der Waals surface area contributed by atoms with Crippen molar-refractivity contribution in [3.63, 3.8) is 0 Å². The molecule has 0 N–H and O–H groups in total. The summed E-state index contributed by atoms with van der Waals surface area (Å²) in [6.07, 6.45) is 5.44. The van der Waals surface area contributed by atoms with Crippen LogP contribution in [0, 0.1) is 0 Å². The molecule has 1 nitrogen and oxygen atoms in total. The van der Waals surface area contributed by atoms with Gasteiger partial charge in [0, 0.05) is 23.0 Å². The fraction of sp³-hybridized carbons (Fsp3) is 0.214. The SMILES string of the molecule is CCC[n+]1ccc(-c2cccc(Br)c2)cc1.[I-]. The molecular formula is C14H15BrIN. The Morgan fingerprint density at radius 1 is 1.06 bits per heavy atom. The molecule has 0 unspecified atom stereocenters. The molecule has 0 saturated heterocycles. The molecule has 17 heavy (non-hydrogen) atoms. The van der Waals surface area contributed by atoms with Crippen molar-refractivity contribution < 1.29 is 28.5 Å². The molecule has 1 heterocycles. The van der Waals surface area contributed by atoms with E-state index in [1.54, 1.807) is 0 Å². The van der Waals surface area contributed by atoms with Crippen LogP contribution in [0.15, 0.2) is 53.3 Å². The normalized spacial score (nSPS) is 9.76. The molecule has 0 spiro atoms. The lowest BCUT2D eigenvalue weighted by molar-refractivity contribution is -0.696. The molecule has 0 fully saturated rings. The molecule has 0 bridgehead atoms. The molecule has 0 saturated carbocycles. The number of nitrogens with zero attached hydrogens (tertiary/aromatic N) is 1. The number of benzene rings is 1. The number of pyridine rings is 1. The maximum atomic E-state index is 3.49. The predicted octanol–water partition coefficient (Wildman–Crippen LogP) is 0.818. The van der Waals surface area contributed by atoms with Crippen molar-refractivity contribution in [1.29, 1.82) is 0 Å². The van der Waals surface area contributed by atoms with Crippen molar-refractivity contribution in [3.8, 4) is 11.1 Å². The maximum absolute atomic E-state index is 3.49. The molecule has 0 aliphatic rings. The molecule has 1 aromatic heterocycles. The molecule has 0 atom stereocenters. The van der Waals surface area contributed by atoms with E-state index >= 15 is 0 Å². The van der Waals surface area contributed by atoms with Gasteiger partial charge < -0.3 is 24.0 Å². The first-order chi connectivity index (χ1) is 7.79. The van der Waals surface area contributed by atoms with Crippen molar-refractivity contribution in [1.82, 2.24) is 0 Å². The highest BCUT2D eigenvalue weighted by atomic mass is 127. The first kappa shape index (κ1) is 14.6. The summed E-state index contributed by atoms with van der Waals surface area (Å²) in [6, 6.07) is 12.7. The summed E-state index contributed by atoms with van der Waals surface area (Å²) in [5.41, 5.74) is 2.51. The van der Waals surface area contributed by atoms with Crippen molar-refractivity contribution in [3.05, 3.63) is 53.3 Å². The van der Waals surface area contributed by atoms with Gasteiger partial charge in [0.05, 0.1) is 0 Å². The highest BCUT2D eigenvalue weighted by Crippen LogP contribution is 2.21. The lowest BCUT2D eigenvalue weighted by atomic mass is 10.1. The third kappa shape index (κ3) is 4.07. The minimum atomic E-state index is 0. The monoisotopic (exact) mass is 403 g/mol. The molecule has 0 aliphatic carbocycles. The molecule has 90 valence electrons. The van der Waals surface area contributed by atoms with Gasteiger partial charge in [0.1, 0.15) is 6.54 Å². The van der Waals surface area contributed by atoms with Crippen LogP contribution >= 0.6 is 15.9 Å². The standard InChI is InChI=1S/C14H15BrN.HI/c1-2-8-16-9-6-12(7-10-16)13-4-3-5-14(15)11-13;/h3-7,9-11H,2,8H2,1H3;1H/q+1;/p-1. The number of aryl methyl sites for hydroxylation is 1. The molecule has 3 heteroatoms. The van der Waals surface area contributed by atoms with Crippen LogP contribution in [-0.2, 0) is 6.54 Å². The first-order valence-electron chi connectivity index (χ1n) is 5.54. The second-order valence-electron chi connectivity index (χ2n) is 3.83. The van der Waals surface area contributed by atoms with Gasteiger partial charge in [-0.1, -0.05) is 35.0 Å². The van der Waals surface area contributed by atoms with E-state index < -0.39 is 0 Å². The van der Waals surface area contributed by atoms with E-state index in [9.17, 15) is 0 Å². The number of rotatable bonds is 3. The van der Waals surface area contributed by atoms with E-state index in [0.29, 0.717) is 0 Å². The third-order valence-corrected chi connectivity index (χ3v) is 3.02. The molecule has 2 rings (SSSR count). The summed E-state index contributed by atoms with van der Waals surface area (Å²) >= 11 is 3.49. The average molecular weight is 404 g/mol. The number of hydrogen-bond acceptors (Lipinski definition) is 0. The zero-order valence-corrected chi connectivity index (χ0v) is 13.5. The van der Waals surface area contributed by atoms with Gasteiger partial charge in [0.25, 0.3) is 0 Å². The summed E-state index contributed by atoms with van der Waals surface area (Å²) in [4.78, 5) is 0. The fourth-order valence-corrected chi connectivity index (χ4v) is 2.12. The van der Waals surface area contributed by atoms with E-state index in [1.807, 2.05) is 6.07 Å². The Morgan fingerprint density at radius 3 is 2.35 bits per heavy atom. The summed E-state index contributed by atoms with van der Waals surface area (Å²) in [6.45, 7) is 3.27. The van der Waals surface area contributed by atoms with E-state index in [1.165, 1.54) is 17.5 Å². The van der Waals surface area contributed by atoms with E-state index in [-0.39, 0.29) is 24.0 Å². The van der Waals surface area contributed by atoms with Crippen LogP contribution in [0.25, 0.3) is 11.1 Å². The molecular weight excluding hydrogens is 389 g/mol. The lowest BCUT2D eigenvalue weighted by Gasteiger charge is -2.01. The van der Waals surface area contributed by atoms with Gasteiger partial charge >= 0.3 is 0 Å². The van der Waals surface area contributed by atoms with E-state index in [2.05, 4.69) is 70.1 Å². The minimum Gasteiger partial charge on any atom is -1.00 e. The third-order valence-electron chi connectivity index (χ3n) is 2.53. The second kappa shape index (κ2) is 7.11. The largest absolute Gasteiger partial charge is 1.00 e. The zero-order chi connectivity index (χ0) is 11.4. The van der Waals surface area contributed by atoms with Gasteiger partial charge in [-0.15, -0.1) is 0 Å². The van der Waals surface area contributed by atoms with Crippen molar-refractivity contribution in [2.45, 2.75) is 19.9 Å². The van der Waals surface area contributed by atoms with Crippen molar-refractivity contribution >= 4 is 15.9 Å². The van der Waals surface area contributed by atoms with Crippen LogP contribution in [0.2, 0.25) is 0 Å². The molecule has 1 aromatic carbocycles. The average Bonchev–Trinajstić information content (AvgIpc) is 2.30. The molecule has 0 radical (unpaired) electrons. The van der Waals surface area contributed by atoms with Crippen LogP contribution in [-0.4, -0.2) is 0 Å². The fourth-order valence-electron chi connectivity index (χ4n) is 1.73. The van der Waals surface area contributed by atoms with Crippen LogP contribution in [0.3, 0.4) is 0 Å². The van der Waals surface area contributed by atoms with Crippen LogP contribution < -0.4 is 28.5 Å². The van der Waals surface area contributed by atoms with Crippen LogP contribution in [0.5, 0.6) is 0 Å². The highest BCUT2D eigenvalue weighted by Gasteiger charge is 2.01. The topological polar surface area (TPSA) is 3.88 Å². The number of aromatic nitrogens is 1. The van der Waals surface area contributed by atoms with Gasteiger partial charge in [-0.3, -0.25) is 0 Å². The van der Waals surface area contributed by atoms with E-state index in [4.69, 9.17) is 0 Å². The highest BCUT2D eigenvalue weighted by molar-refractivity contribution is 9.10. The van der Waals surface area contributed by atoms with Gasteiger partial charge in [-0.25, -0.2) is 4.57 Å². The Hall–Kier alpha value is -0.420. The lowest BCUT2D eigenvalue weighted by Crippen LogP contribution is -3.00. The second-order valence-corrected chi connectivity index (χ2v) is 4.75. The molecule has 2 aromatic rings. The summed E-state index contributed by atoms with van der Waals surface area (Å²) < 4.78 is 3.33. The Kier molecular flexibility index (Phi) is 6.12. The summed E-state index contributed by atoms with van der Waals surface area (Å²) in [5.74, 6) is 0. The quantitative estimate of drug-likeness (QED) is 0.527. The smallest absolute Gasteiger partial charge is 0.169 e. The van der Waals surface area contributed by atoms with Gasteiger partial charge in [-0.2, -0.15) is 0 Å². The Labute approximate surface area is 128 Å². The Balaban J connectivity index is 0.00000144. The predicted molar refractivity (Wildman–Crippen MR) is 70.1 cm³/mol. The Morgan fingerprint density at radius 2 is 1.76 bits per heavy atom. The molecule has 0 aliphatic heterocycles. The van der Waals surface area contributed by atoms with Crippen molar-refractivity contribution in [2.75, 3.05) is 0 Å². The number of halogens is 2. The minimum absolute atomic E-state index is 0. The summed E-state index contributed by atoms with van der Waals surface area (Å²) in [5, 5.41) is 0. The maximum Gasteiger partial charge on any atom is 0.169 e. The Bertz CT molecular complexity index is 468. The van der Waals surface area contributed by atoms with Crippen LogP contribution in [0.4, 0.5) is 0 Å². The molecule has 0 amide bonds. The first-order valence-corrected chi connectivity index (χ1v) is 6.34. The van der Waals surface area contributed by atoms with E-state index in [0.717, 1.165) is 11.0 Å². The van der Waals surface area contributed by atoms with Crippen molar-refractivity contribution in [2.24, 2.45) is 0 Å². The van der Waals surface area contributed by atoms with Gasteiger partial charge in [0.2, 0.25) is 0 Å². The van der Waals surface area contributed by atoms with Crippen LogP contribution in [0.1, 0.15) is 13.3 Å². The summed E-state index contributed by atoms with van der Waals surface area (Å²) in [7, 11) is 0. The zero-order valence-electron chi connectivity index (χ0n) is 9.74. The number of hydrogen-bond donors (Lipinski definition) is 0.